The third-order valence-corrected chi connectivity index (χ3v) is 7.49. The number of nitrogens with zero attached hydrogens (tertiary/aromatic N) is 2. The van der Waals surface area contributed by atoms with Crippen molar-refractivity contribution in [2.45, 2.75) is 44.1 Å². The van der Waals surface area contributed by atoms with Crippen molar-refractivity contribution in [1.82, 2.24) is 10.2 Å². The second-order valence-corrected chi connectivity index (χ2v) is 10.2. The summed E-state index contributed by atoms with van der Waals surface area (Å²) in [5.41, 5.74) is 3.40. The molecule has 0 bridgehead atoms. The lowest BCUT2D eigenvalue weighted by Crippen LogP contribution is -2.50. The molecule has 1 saturated heterocycles. The Morgan fingerprint density at radius 2 is 1.97 bits per heavy atom. The van der Waals surface area contributed by atoms with E-state index in [1.807, 2.05) is 35.7 Å². The molecule has 3 aromatic rings. The molecule has 4 rings (SSSR count). The molecule has 9 heteroatoms. The van der Waals surface area contributed by atoms with Crippen LogP contribution in [0, 0.1) is 11.3 Å². The lowest BCUT2D eigenvalue weighted by Gasteiger charge is -2.28. The highest BCUT2D eigenvalue weighted by atomic mass is 35.5. The zero-order valence-corrected chi connectivity index (χ0v) is 21.0. The first-order chi connectivity index (χ1) is 17.4. The zero-order chi connectivity index (χ0) is 25.7. The third-order valence-electron chi connectivity index (χ3n) is 6.27. The Bertz CT molecular complexity index is 1290. The SMILES string of the molecule is N#Cc1ccccc1Cc1csc(CNC(=O)[C@H](O)[C@@H](O)C(=O)N2CCC[C@@H]2c2cccc(Cl)c2)c1. The maximum Gasteiger partial charge on any atom is 0.255 e. The number of aliphatic hydroxyl groups is 2. The molecule has 186 valence electrons. The van der Waals surface area contributed by atoms with Crippen LogP contribution in [0.5, 0.6) is 0 Å². The molecule has 1 aliphatic rings. The van der Waals surface area contributed by atoms with Gasteiger partial charge < -0.3 is 20.4 Å². The van der Waals surface area contributed by atoms with Crippen LogP contribution in [-0.2, 0) is 22.6 Å². The van der Waals surface area contributed by atoms with Gasteiger partial charge in [-0.15, -0.1) is 11.3 Å². The maximum atomic E-state index is 12.9. The fourth-order valence-corrected chi connectivity index (χ4v) is 5.46. The molecule has 0 spiro atoms. The number of hydrogen-bond donors (Lipinski definition) is 3. The van der Waals surface area contributed by atoms with Crippen LogP contribution in [-0.4, -0.2) is 45.7 Å². The molecule has 1 fully saturated rings. The number of halogens is 1. The van der Waals surface area contributed by atoms with Gasteiger partial charge in [0.1, 0.15) is 0 Å². The summed E-state index contributed by atoms with van der Waals surface area (Å²) >= 11 is 7.53. The number of hydrogen-bond acceptors (Lipinski definition) is 6. The van der Waals surface area contributed by atoms with Crippen LogP contribution in [0.1, 0.15) is 46.0 Å². The van der Waals surface area contributed by atoms with Gasteiger partial charge >= 0.3 is 0 Å². The first-order valence-corrected chi connectivity index (χ1v) is 12.9. The second-order valence-electron chi connectivity index (χ2n) is 8.72. The standard InChI is InChI=1S/C27H26ClN3O4S/c28-21-8-3-7-19(13-21)23-9-4-10-31(23)27(35)25(33)24(32)26(34)30-15-22-12-17(16-36-22)11-18-5-1-2-6-20(18)14-29/h1-3,5-8,12-13,16,23-25,32-33H,4,9-11,15H2,(H,30,34)/t23-,24-,25-/m1/s1. The zero-order valence-electron chi connectivity index (χ0n) is 19.4. The Morgan fingerprint density at radius 3 is 2.75 bits per heavy atom. The van der Waals surface area contributed by atoms with Crippen LogP contribution >= 0.6 is 22.9 Å². The van der Waals surface area contributed by atoms with E-state index in [0.29, 0.717) is 30.0 Å². The van der Waals surface area contributed by atoms with Gasteiger partial charge in [-0.05, 0) is 65.6 Å². The number of likely N-dealkylation sites (tertiary alicyclic amines) is 1. The molecule has 0 unspecified atom stereocenters. The summed E-state index contributed by atoms with van der Waals surface area (Å²) in [4.78, 5) is 27.8. The summed E-state index contributed by atoms with van der Waals surface area (Å²) in [6, 6.07) is 18.4. The number of carbonyl (C=O) groups excluding carboxylic acids is 2. The summed E-state index contributed by atoms with van der Waals surface area (Å²) in [7, 11) is 0. The maximum absolute atomic E-state index is 12.9. The molecular formula is C27H26ClN3O4S. The number of rotatable bonds is 8. The minimum absolute atomic E-state index is 0.149. The second kappa shape index (κ2) is 11.7. The largest absolute Gasteiger partial charge is 0.380 e. The minimum Gasteiger partial charge on any atom is -0.380 e. The normalized spacial score (nSPS) is 16.8. The van der Waals surface area contributed by atoms with Gasteiger partial charge in [-0.25, -0.2) is 0 Å². The van der Waals surface area contributed by atoms with Crippen molar-refractivity contribution in [2.75, 3.05) is 6.54 Å². The van der Waals surface area contributed by atoms with Gasteiger partial charge in [0, 0.05) is 16.4 Å². The van der Waals surface area contributed by atoms with Gasteiger partial charge in [0.2, 0.25) is 0 Å². The Hall–Kier alpha value is -3.22. The first kappa shape index (κ1) is 25.9. The number of amides is 2. The molecule has 3 N–H and O–H groups in total. The highest BCUT2D eigenvalue weighted by molar-refractivity contribution is 7.10. The molecule has 2 heterocycles. The Kier molecular flexibility index (Phi) is 8.39. The average Bonchev–Trinajstić information content (AvgIpc) is 3.56. The van der Waals surface area contributed by atoms with Crippen LogP contribution in [0.25, 0.3) is 0 Å². The van der Waals surface area contributed by atoms with Crippen LogP contribution in [0.4, 0.5) is 0 Å². The van der Waals surface area contributed by atoms with Crippen LogP contribution in [0.15, 0.2) is 60.0 Å². The Morgan fingerprint density at radius 1 is 1.17 bits per heavy atom. The third kappa shape index (κ3) is 5.94. The highest BCUT2D eigenvalue weighted by Crippen LogP contribution is 2.33. The van der Waals surface area contributed by atoms with Crippen molar-refractivity contribution in [2.24, 2.45) is 0 Å². The van der Waals surface area contributed by atoms with Gasteiger partial charge in [-0.3, -0.25) is 9.59 Å². The topological polar surface area (TPSA) is 114 Å². The summed E-state index contributed by atoms with van der Waals surface area (Å²) in [6.45, 7) is 0.574. The lowest BCUT2D eigenvalue weighted by molar-refractivity contribution is -0.153. The van der Waals surface area contributed by atoms with Crippen molar-refractivity contribution in [3.8, 4) is 6.07 Å². The predicted molar refractivity (Wildman–Crippen MR) is 137 cm³/mol. The molecule has 1 aromatic heterocycles. The van der Waals surface area contributed by atoms with E-state index in [2.05, 4.69) is 11.4 Å². The van der Waals surface area contributed by atoms with E-state index >= 15 is 0 Å². The number of aliphatic hydroxyl groups excluding tert-OH is 2. The molecule has 36 heavy (non-hydrogen) atoms. The minimum atomic E-state index is -1.89. The van der Waals surface area contributed by atoms with Gasteiger partial charge in [-0.2, -0.15) is 5.26 Å². The van der Waals surface area contributed by atoms with Gasteiger partial charge in [-0.1, -0.05) is 41.9 Å². The fraction of sp³-hybridized carbons (Fsp3) is 0.296. The van der Waals surface area contributed by atoms with E-state index in [4.69, 9.17) is 11.6 Å². The predicted octanol–water partition coefficient (Wildman–Crippen LogP) is 3.57. The molecule has 3 atom stereocenters. The van der Waals surface area contributed by atoms with Crippen LogP contribution in [0.2, 0.25) is 5.02 Å². The van der Waals surface area contributed by atoms with Crippen molar-refractivity contribution < 1.29 is 19.8 Å². The molecule has 0 aliphatic carbocycles. The molecule has 0 radical (unpaired) electrons. The fourth-order valence-electron chi connectivity index (χ4n) is 4.43. The van der Waals surface area contributed by atoms with Crippen LogP contribution < -0.4 is 5.32 Å². The van der Waals surface area contributed by atoms with E-state index in [1.54, 1.807) is 24.3 Å². The summed E-state index contributed by atoms with van der Waals surface area (Å²) in [6.07, 6.45) is -1.71. The van der Waals surface area contributed by atoms with Crippen molar-refractivity contribution in [3.63, 3.8) is 0 Å². The molecule has 7 nitrogen and oxygen atoms in total. The summed E-state index contributed by atoms with van der Waals surface area (Å²) in [5.74, 6) is -1.51. The Labute approximate surface area is 218 Å². The van der Waals surface area contributed by atoms with Crippen LogP contribution in [0.3, 0.4) is 0 Å². The van der Waals surface area contributed by atoms with E-state index < -0.39 is 24.0 Å². The average molecular weight is 524 g/mol. The monoisotopic (exact) mass is 523 g/mol. The van der Waals surface area contributed by atoms with Gasteiger partial charge in [0.15, 0.2) is 12.2 Å². The van der Waals surface area contributed by atoms with Crippen molar-refractivity contribution >= 4 is 34.8 Å². The van der Waals surface area contributed by atoms with Crippen molar-refractivity contribution in [3.05, 3.63) is 92.1 Å². The molecular weight excluding hydrogens is 498 g/mol. The first-order valence-electron chi connectivity index (χ1n) is 11.6. The number of carbonyl (C=O) groups is 2. The van der Waals surface area contributed by atoms with Gasteiger partial charge in [0.25, 0.3) is 11.8 Å². The van der Waals surface area contributed by atoms with E-state index in [-0.39, 0.29) is 12.6 Å². The summed E-state index contributed by atoms with van der Waals surface area (Å²) in [5, 5.41) is 35.3. The molecule has 2 amide bonds. The lowest BCUT2D eigenvalue weighted by atomic mass is 10.0. The molecule has 0 saturated carbocycles. The molecule has 2 aromatic carbocycles. The molecule has 1 aliphatic heterocycles. The number of nitriles is 1. The summed E-state index contributed by atoms with van der Waals surface area (Å²) < 4.78 is 0. The van der Waals surface area contributed by atoms with E-state index in [0.717, 1.165) is 28.0 Å². The van der Waals surface area contributed by atoms with E-state index in [1.165, 1.54) is 16.2 Å². The number of thiophene rings is 1. The highest BCUT2D eigenvalue weighted by Gasteiger charge is 2.38. The Balaban J connectivity index is 1.33. The van der Waals surface area contributed by atoms with Crippen molar-refractivity contribution in [1.29, 1.82) is 5.26 Å². The van der Waals surface area contributed by atoms with E-state index in [9.17, 15) is 25.1 Å². The van der Waals surface area contributed by atoms with Gasteiger partial charge in [0.05, 0.1) is 24.2 Å². The quantitative estimate of drug-likeness (QED) is 0.418. The smallest absolute Gasteiger partial charge is 0.255 e. The number of nitrogens with one attached hydrogen (secondary N) is 1. The number of benzene rings is 2.